The van der Waals surface area contributed by atoms with Crippen molar-refractivity contribution in [1.29, 1.82) is 0 Å². The molecule has 3 aromatic rings. The maximum Gasteiger partial charge on any atom is 0.240 e. The van der Waals surface area contributed by atoms with Crippen molar-refractivity contribution in [1.82, 2.24) is 15.0 Å². The summed E-state index contributed by atoms with van der Waals surface area (Å²) < 4.78 is 13.2. The second-order valence-electron chi connectivity index (χ2n) is 4.46. The van der Waals surface area contributed by atoms with E-state index in [0.717, 1.165) is 11.3 Å². The first kappa shape index (κ1) is 15.9. The van der Waals surface area contributed by atoms with Crippen LogP contribution in [0.2, 0.25) is 5.15 Å². The SMILES string of the molecule is O=C(CCl)Nc1nc(-c2ccc(F)s2)[nH]c1-c1ccc(Cl)nc1. The molecule has 0 fully saturated rings. The molecule has 0 aromatic carbocycles. The number of hydrogen-bond acceptors (Lipinski definition) is 4. The number of carbonyl (C=O) groups is 1. The van der Waals surface area contributed by atoms with Gasteiger partial charge in [0.05, 0.1) is 10.6 Å². The zero-order valence-corrected chi connectivity index (χ0v) is 13.8. The van der Waals surface area contributed by atoms with Gasteiger partial charge in [0.25, 0.3) is 0 Å². The largest absolute Gasteiger partial charge is 0.335 e. The van der Waals surface area contributed by atoms with Crippen molar-refractivity contribution < 1.29 is 9.18 Å². The van der Waals surface area contributed by atoms with Crippen LogP contribution in [0.15, 0.2) is 30.5 Å². The van der Waals surface area contributed by atoms with E-state index < -0.39 is 5.91 Å². The lowest BCUT2D eigenvalue weighted by atomic mass is 10.2. The van der Waals surface area contributed by atoms with Gasteiger partial charge in [-0.25, -0.2) is 9.97 Å². The van der Waals surface area contributed by atoms with E-state index in [1.54, 1.807) is 24.4 Å². The molecular weight excluding hydrogens is 362 g/mol. The van der Waals surface area contributed by atoms with Crippen LogP contribution < -0.4 is 5.32 Å². The molecule has 0 radical (unpaired) electrons. The Labute approximate surface area is 144 Å². The quantitative estimate of drug-likeness (QED) is 0.534. The highest BCUT2D eigenvalue weighted by Crippen LogP contribution is 2.32. The maximum atomic E-state index is 13.2. The molecule has 0 saturated heterocycles. The zero-order valence-electron chi connectivity index (χ0n) is 11.4. The summed E-state index contributed by atoms with van der Waals surface area (Å²) in [6.07, 6.45) is 1.55. The fourth-order valence-corrected chi connectivity index (χ4v) is 2.77. The first-order chi connectivity index (χ1) is 11.1. The van der Waals surface area contributed by atoms with Crippen LogP contribution in [0.25, 0.3) is 22.0 Å². The second-order valence-corrected chi connectivity index (χ2v) is 6.15. The minimum atomic E-state index is -0.398. The molecule has 3 aromatic heterocycles. The fraction of sp³-hybridized carbons (Fsp3) is 0.0714. The monoisotopic (exact) mass is 370 g/mol. The Hall–Kier alpha value is -1.96. The molecule has 0 aliphatic rings. The number of anilines is 1. The molecule has 0 spiro atoms. The van der Waals surface area contributed by atoms with Crippen LogP contribution >= 0.6 is 34.5 Å². The minimum absolute atomic E-state index is 0.200. The summed E-state index contributed by atoms with van der Waals surface area (Å²) in [5.41, 5.74) is 1.21. The molecule has 5 nitrogen and oxygen atoms in total. The predicted octanol–water partition coefficient (Wildman–Crippen LogP) is 4.17. The normalized spacial score (nSPS) is 10.7. The molecule has 0 atom stereocenters. The lowest BCUT2D eigenvalue weighted by Crippen LogP contribution is -2.13. The number of alkyl halides is 1. The van der Waals surface area contributed by atoms with Gasteiger partial charge < -0.3 is 10.3 Å². The topological polar surface area (TPSA) is 70.7 Å². The van der Waals surface area contributed by atoms with E-state index in [1.807, 2.05) is 0 Å². The van der Waals surface area contributed by atoms with Gasteiger partial charge in [-0.3, -0.25) is 4.79 Å². The molecule has 3 rings (SSSR count). The zero-order chi connectivity index (χ0) is 16.4. The van der Waals surface area contributed by atoms with E-state index in [1.165, 1.54) is 6.07 Å². The Morgan fingerprint density at radius 2 is 2.17 bits per heavy atom. The molecule has 3 heterocycles. The summed E-state index contributed by atoms with van der Waals surface area (Å²) in [4.78, 5) is 23.6. The van der Waals surface area contributed by atoms with Crippen LogP contribution in [0, 0.1) is 5.13 Å². The number of hydrogen-bond donors (Lipinski definition) is 2. The van der Waals surface area contributed by atoms with Crippen LogP contribution in [0.1, 0.15) is 0 Å². The summed E-state index contributed by atoms with van der Waals surface area (Å²) in [5.74, 6) is 0.135. The fourth-order valence-electron chi connectivity index (χ4n) is 1.92. The Morgan fingerprint density at radius 3 is 2.78 bits per heavy atom. The number of nitrogens with one attached hydrogen (secondary N) is 2. The Kier molecular flexibility index (Phi) is 4.61. The molecule has 0 aliphatic heterocycles. The molecule has 0 saturated carbocycles. The van der Waals surface area contributed by atoms with Crippen molar-refractivity contribution in [2.45, 2.75) is 0 Å². The van der Waals surface area contributed by atoms with Gasteiger partial charge in [-0.2, -0.15) is 4.39 Å². The number of halogens is 3. The van der Waals surface area contributed by atoms with Gasteiger partial charge in [0.2, 0.25) is 5.91 Å². The third-order valence-corrected chi connectivity index (χ3v) is 4.25. The van der Waals surface area contributed by atoms with Crippen molar-refractivity contribution in [3.63, 3.8) is 0 Å². The van der Waals surface area contributed by atoms with Crippen molar-refractivity contribution in [3.05, 3.63) is 40.7 Å². The van der Waals surface area contributed by atoms with Crippen molar-refractivity contribution in [2.75, 3.05) is 11.2 Å². The van der Waals surface area contributed by atoms with Gasteiger partial charge >= 0.3 is 0 Å². The summed E-state index contributed by atoms with van der Waals surface area (Å²) >= 11 is 12.3. The highest BCUT2D eigenvalue weighted by Gasteiger charge is 2.17. The van der Waals surface area contributed by atoms with Gasteiger partial charge in [0.1, 0.15) is 11.0 Å². The molecule has 2 N–H and O–H groups in total. The standard InChI is InChI=1S/C14H9Cl2FN4OS/c15-5-11(22)19-14-12(7-1-3-9(16)18-6-7)20-13(21-14)8-2-4-10(17)23-8/h1-4,6H,5H2,(H,19,22)(H,20,21). The van der Waals surface area contributed by atoms with Crippen molar-refractivity contribution in [3.8, 4) is 22.0 Å². The number of imidazole rings is 1. The Bertz CT molecular complexity index is 847. The van der Waals surface area contributed by atoms with Crippen LogP contribution in [0.3, 0.4) is 0 Å². The molecule has 0 bridgehead atoms. The van der Waals surface area contributed by atoms with Crippen LogP contribution in [0.5, 0.6) is 0 Å². The number of amides is 1. The Balaban J connectivity index is 2.06. The maximum absolute atomic E-state index is 13.2. The van der Waals surface area contributed by atoms with E-state index in [-0.39, 0.29) is 11.0 Å². The molecule has 9 heteroatoms. The predicted molar refractivity (Wildman–Crippen MR) is 89.4 cm³/mol. The smallest absolute Gasteiger partial charge is 0.240 e. The third kappa shape index (κ3) is 3.52. The third-order valence-electron chi connectivity index (χ3n) is 2.91. The highest BCUT2D eigenvalue weighted by molar-refractivity contribution is 7.13. The van der Waals surface area contributed by atoms with Crippen molar-refractivity contribution in [2.24, 2.45) is 0 Å². The second kappa shape index (κ2) is 6.66. The first-order valence-electron chi connectivity index (χ1n) is 6.40. The molecular formula is C14H9Cl2FN4OS. The van der Waals surface area contributed by atoms with E-state index in [0.29, 0.717) is 32.9 Å². The minimum Gasteiger partial charge on any atom is -0.335 e. The molecule has 118 valence electrons. The van der Waals surface area contributed by atoms with Gasteiger partial charge in [-0.15, -0.1) is 22.9 Å². The van der Waals surface area contributed by atoms with E-state index in [2.05, 4.69) is 20.3 Å². The van der Waals surface area contributed by atoms with E-state index in [4.69, 9.17) is 23.2 Å². The lowest BCUT2D eigenvalue weighted by Gasteiger charge is -2.03. The number of thiophene rings is 1. The van der Waals surface area contributed by atoms with Crippen LogP contribution in [-0.2, 0) is 4.79 Å². The molecule has 1 amide bonds. The summed E-state index contributed by atoms with van der Waals surface area (Å²) in [5, 5.41) is 2.63. The van der Waals surface area contributed by atoms with Gasteiger partial charge in [0, 0.05) is 11.8 Å². The van der Waals surface area contributed by atoms with Crippen LogP contribution in [0.4, 0.5) is 10.2 Å². The average molecular weight is 371 g/mol. The summed E-state index contributed by atoms with van der Waals surface area (Å²) in [6.45, 7) is 0. The number of pyridine rings is 1. The lowest BCUT2D eigenvalue weighted by molar-refractivity contribution is -0.113. The van der Waals surface area contributed by atoms with Crippen LogP contribution in [-0.4, -0.2) is 26.7 Å². The van der Waals surface area contributed by atoms with Gasteiger partial charge in [0.15, 0.2) is 16.8 Å². The Morgan fingerprint density at radius 1 is 1.35 bits per heavy atom. The molecule has 0 unspecified atom stereocenters. The van der Waals surface area contributed by atoms with Gasteiger partial charge in [-0.05, 0) is 24.3 Å². The van der Waals surface area contributed by atoms with E-state index >= 15 is 0 Å². The number of aromatic amines is 1. The highest BCUT2D eigenvalue weighted by atomic mass is 35.5. The van der Waals surface area contributed by atoms with Crippen molar-refractivity contribution >= 4 is 46.3 Å². The summed E-state index contributed by atoms with van der Waals surface area (Å²) in [7, 11) is 0. The number of H-pyrrole nitrogens is 1. The number of aromatic nitrogens is 3. The number of rotatable bonds is 4. The molecule has 23 heavy (non-hydrogen) atoms. The molecule has 0 aliphatic carbocycles. The first-order valence-corrected chi connectivity index (χ1v) is 8.13. The number of nitrogens with zero attached hydrogens (tertiary/aromatic N) is 2. The van der Waals surface area contributed by atoms with E-state index in [9.17, 15) is 9.18 Å². The number of carbonyl (C=O) groups excluding carboxylic acids is 1. The average Bonchev–Trinajstić information content (AvgIpc) is 3.14. The van der Waals surface area contributed by atoms with Gasteiger partial charge in [-0.1, -0.05) is 11.6 Å². The summed E-state index contributed by atoms with van der Waals surface area (Å²) in [6, 6.07) is 6.31.